The normalized spacial score (nSPS) is 11.2. The molecule has 0 fully saturated rings. The van der Waals surface area contributed by atoms with E-state index in [9.17, 15) is 4.79 Å². The molecule has 2 aromatic carbocycles. The van der Waals surface area contributed by atoms with Crippen molar-refractivity contribution >= 4 is 29.0 Å². The Morgan fingerprint density at radius 1 is 1.16 bits per heavy atom. The van der Waals surface area contributed by atoms with Crippen molar-refractivity contribution in [1.82, 2.24) is 4.90 Å². The van der Waals surface area contributed by atoms with Crippen LogP contribution in [-0.4, -0.2) is 31.3 Å². The molecule has 0 N–H and O–H groups in total. The lowest BCUT2D eigenvalue weighted by molar-refractivity contribution is -0.110. The molecule has 0 aromatic heterocycles. The minimum Gasteiger partial charge on any atom is -0.305 e. The number of carbonyl (C=O) groups is 1. The number of terminal acetylenes is 1. The number of ketones is 1. The summed E-state index contributed by atoms with van der Waals surface area (Å²) >= 11 is 5.94. The summed E-state index contributed by atoms with van der Waals surface area (Å²) in [5.74, 6) is 2.50. The zero-order valence-electron chi connectivity index (χ0n) is 14.4. The van der Waals surface area contributed by atoms with Crippen LogP contribution in [-0.2, 0) is 4.79 Å². The summed E-state index contributed by atoms with van der Waals surface area (Å²) in [6.07, 6.45) is 7.26. The number of hydrogen-bond donors (Lipinski definition) is 0. The second-order valence-corrected chi connectivity index (χ2v) is 6.44. The van der Waals surface area contributed by atoms with Gasteiger partial charge in [-0.25, -0.2) is 0 Å². The molecule has 0 aliphatic rings. The highest BCUT2D eigenvalue weighted by molar-refractivity contribution is 6.32. The summed E-state index contributed by atoms with van der Waals surface area (Å²) in [6, 6.07) is 14.7. The van der Waals surface area contributed by atoms with E-state index >= 15 is 0 Å². The maximum atomic E-state index is 12.9. The van der Waals surface area contributed by atoms with Crippen LogP contribution in [0.5, 0.6) is 0 Å². The third-order valence-corrected chi connectivity index (χ3v) is 3.87. The van der Waals surface area contributed by atoms with Gasteiger partial charge in [0.2, 0.25) is 0 Å². The van der Waals surface area contributed by atoms with Crippen LogP contribution in [0.3, 0.4) is 0 Å². The van der Waals surface area contributed by atoms with Gasteiger partial charge in [-0.2, -0.15) is 0 Å². The molecule has 0 aliphatic heterocycles. The summed E-state index contributed by atoms with van der Waals surface area (Å²) in [5.41, 5.74) is 3.59. The van der Waals surface area contributed by atoms with Crippen molar-refractivity contribution in [3.8, 4) is 12.3 Å². The number of carbonyl (C=O) groups excluding carboxylic acids is 1. The van der Waals surface area contributed by atoms with Gasteiger partial charge in [0, 0.05) is 28.3 Å². The summed E-state index contributed by atoms with van der Waals surface area (Å²) in [7, 11) is 3.81. The lowest BCUT2D eigenvalue weighted by Crippen LogP contribution is -2.19. The van der Waals surface area contributed by atoms with Crippen molar-refractivity contribution in [3.05, 3.63) is 82.4 Å². The highest BCUT2D eigenvalue weighted by Gasteiger charge is 2.16. The number of likely N-dealkylation sites (N-methyl/N-ethyl adjacent to an activating group) is 1. The fraction of sp³-hybridized carbons (Fsp3) is 0.136. The Morgan fingerprint density at radius 2 is 1.76 bits per heavy atom. The van der Waals surface area contributed by atoms with Crippen LogP contribution >= 0.6 is 11.6 Å². The zero-order chi connectivity index (χ0) is 18.4. The highest BCUT2D eigenvalue weighted by atomic mass is 35.5. The Hall–Kier alpha value is -2.60. The maximum Gasteiger partial charge on any atom is 0.190 e. The maximum absolute atomic E-state index is 12.9. The topological polar surface area (TPSA) is 20.3 Å². The molecule has 2 aromatic rings. The van der Waals surface area contributed by atoms with Crippen molar-refractivity contribution in [2.75, 3.05) is 20.6 Å². The number of benzene rings is 2. The third kappa shape index (κ3) is 5.19. The molecule has 0 atom stereocenters. The number of rotatable bonds is 6. The van der Waals surface area contributed by atoms with Gasteiger partial charge in [0.15, 0.2) is 5.78 Å². The second-order valence-electron chi connectivity index (χ2n) is 6.00. The minimum atomic E-state index is -0.0860. The number of Topliss-reactive ketones (excluding diaryl/α,β-unsaturated/α-hetero) is 1. The molecule has 126 valence electrons. The predicted octanol–water partition coefficient (Wildman–Crippen LogP) is 4.55. The van der Waals surface area contributed by atoms with E-state index in [1.165, 1.54) is 0 Å². The van der Waals surface area contributed by atoms with Gasteiger partial charge in [0.05, 0.1) is 0 Å². The Kier molecular flexibility index (Phi) is 6.36. The summed E-state index contributed by atoms with van der Waals surface area (Å²) in [6.45, 7) is 4.44. The largest absolute Gasteiger partial charge is 0.305 e. The van der Waals surface area contributed by atoms with E-state index in [-0.39, 0.29) is 5.78 Å². The Labute approximate surface area is 154 Å². The molecular weight excluding hydrogens is 330 g/mol. The monoisotopic (exact) mass is 349 g/mol. The van der Waals surface area contributed by atoms with Gasteiger partial charge in [-0.05, 0) is 55.6 Å². The summed E-state index contributed by atoms with van der Waals surface area (Å²) in [5, 5.41) is 0.653. The van der Waals surface area contributed by atoms with Gasteiger partial charge in [-0.1, -0.05) is 48.4 Å². The predicted molar refractivity (Wildman–Crippen MR) is 106 cm³/mol. The molecule has 0 unspecified atom stereocenters. The minimum absolute atomic E-state index is 0.0860. The standard InChI is InChI=1S/C22H20ClNO/c1-5-17-6-10-19(11-7-17)21(22(25)16(2)15-24(3)4)14-18-8-12-20(23)13-9-18/h1,6-14H,2,15H2,3-4H3/b21-14+. The molecule has 2 rings (SSSR count). The van der Waals surface area contributed by atoms with Gasteiger partial charge >= 0.3 is 0 Å². The van der Waals surface area contributed by atoms with Gasteiger partial charge in [0.25, 0.3) is 0 Å². The average molecular weight is 350 g/mol. The van der Waals surface area contributed by atoms with Crippen molar-refractivity contribution < 1.29 is 4.79 Å². The molecule has 0 saturated heterocycles. The van der Waals surface area contributed by atoms with Crippen molar-refractivity contribution in [2.24, 2.45) is 0 Å². The molecule has 0 bridgehead atoms. The van der Waals surface area contributed by atoms with Crippen molar-refractivity contribution in [3.63, 3.8) is 0 Å². The van der Waals surface area contributed by atoms with Gasteiger partial charge in [-0.3, -0.25) is 4.79 Å². The lowest BCUT2D eigenvalue weighted by Gasteiger charge is -2.14. The van der Waals surface area contributed by atoms with Crippen LogP contribution in [0, 0.1) is 12.3 Å². The van der Waals surface area contributed by atoms with Gasteiger partial charge < -0.3 is 4.90 Å². The molecule has 3 heteroatoms. The number of hydrogen-bond acceptors (Lipinski definition) is 2. The second kappa shape index (κ2) is 8.48. The van der Waals surface area contributed by atoms with Crippen molar-refractivity contribution in [2.45, 2.75) is 0 Å². The van der Waals surface area contributed by atoms with Crippen molar-refractivity contribution in [1.29, 1.82) is 0 Å². The number of allylic oxidation sites excluding steroid dienone is 1. The SMILES string of the molecule is C#Cc1ccc(/C(=C\c2ccc(Cl)cc2)C(=O)C(=C)CN(C)C)cc1. The average Bonchev–Trinajstić information content (AvgIpc) is 2.60. The summed E-state index contributed by atoms with van der Waals surface area (Å²) in [4.78, 5) is 14.9. The molecule has 25 heavy (non-hydrogen) atoms. The molecule has 0 aliphatic carbocycles. The molecular formula is C22H20ClNO. The van der Waals surface area contributed by atoms with E-state index in [2.05, 4.69) is 12.5 Å². The first-order valence-electron chi connectivity index (χ1n) is 7.82. The first-order valence-corrected chi connectivity index (χ1v) is 8.20. The Morgan fingerprint density at radius 3 is 2.28 bits per heavy atom. The van der Waals surface area contributed by atoms with Crippen LogP contribution < -0.4 is 0 Å². The van der Waals surface area contributed by atoms with Crippen LogP contribution in [0.2, 0.25) is 5.02 Å². The van der Waals surface area contributed by atoms with Gasteiger partial charge in [-0.15, -0.1) is 6.42 Å². The number of halogens is 1. The quantitative estimate of drug-likeness (QED) is 0.433. The van der Waals surface area contributed by atoms with Crippen LogP contribution in [0.1, 0.15) is 16.7 Å². The Bertz CT molecular complexity index is 837. The van der Waals surface area contributed by atoms with Crippen LogP contribution in [0.4, 0.5) is 0 Å². The van der Waals surface area contributed by atoms with Crippen LogP contribution in [0.15, 0.2) is 60.7 Å². The Balaban J connectivity index is 2.46. The fourth-order valence-electron chi connectivity index (χ4n) is 2.40. The molecule has 0 heterocycles. The summed E-state index contributed by atoms with van der Waals surface area (Å²) < 4.78 is 0. The van der Waals surface area contributed by atoms with E-state index in [1.807, 2.05) is 61.5 Å². The van der Waals surface area contributed by atoms with Gasteiger partial charge in [0.1, 0.15) is 0 Å². The van der Waals surface area contributed by atoms with E-state index < -0.39 is 0 Å². The zero-order valence-corrected chi connectivity index (χ0v) is 15.2. The first-order chi connectivity index (χ1) is 11.9. The smallest absolute Gasteiger partial charge is 0.190 e. The van der Waals surface area contributed by atoms with E-state index in [1.54, 1.807) is 12.1 Å². The molecule has 0 spiro atoms. The third-order valence-electron chi connectivity index (χ3n) is 3.62. The van der Waals surface area contributed by atoms with Crippen LogP contribution in [0.25, 0.3) is 11.6 Å². The molecule has 0 amide bonds. The molecule has 2 nitrogen and oxygen atoms in total. The lowest BCUT2D eigenvalue weighted by atomic mass is 9.94. The highest BCUT2D eigenvalue weighted by Crippen LogP contribution is 2.23. The van der Waals surface area contributed by atoms with E-state index in [0.717, 1.165) is 16.7 Å². The number of nitrogens with zero attached hydrogens (tertiary/aromatic N) is 1. The fourth-order valence-corrected chi connectivity index (χ4v) is 2.52. The first kappa shape index (κ1) is 18.7. The molecule has 0 radical (unpaired) electrons. The van der Waals surface area contributed by atoms with E-state index in [4.69, 9.17) is 18.0 Å². The van der Waals surface area contributed by atoms with E-state index in [0.29, 0.717) is 22.7 Å². The molecule has 0 saturated carbocycles.